The van der Waals surface area contributed by atoms with Crippen molar-refractivity contribution in [3.8, 4) is 5.75 Å². The number of nitrogens with zero attached hydrogens (tertiary/aromatic N) is 2. The number of hydrogen-bond acceptors (Lipinski definition) is 6. The van der Waals surface area contributed by atoms with Crippen LogP contribution in [0, 0.1) is 5.92 Å². The fraction of sp³-hybridized carbons (Fsp3) is 0.414. The van der Waals surface area contributed by atoms with Crippen LogP contribution in [0.4, 0.5) is 36.8 Å². The number of ether oxygens (including phenoxy) is 1. The Bertz CT molecular complexity index is 1450. The zero-order chi connectivity index (χ0) is 34.6. The molecule has 0 aliphatic carbocycles. The van der Waals surface area contributed by atoms with Crippen LogP contribution in [0.1, 0.15) is 43.9 Å². The molecule has 46 heavy (non-hydrogen) atoms. The van der Waals surface area contributed by atoms with Crippen LogP contribution in [0.5, 0.6) is 5.75 Å². The number of alkyl halides is 6. The lowest BCUT2D eigenvalue weighted by Crippen LogP contribution is -2.69. The number of aliphatic carboxylic acids is 1. The second-order valence-corrected chi connectivity index (χ2v) is 10.8. The largest absolute Gasteiger partial charge is 0.495 e. The molecule has 0 radical (unpaired) electrons. The molecule has 1 saturated heterocycles. The van der Waals surface area contributed by atoms with Crippen molar-refractivity contribution in [1.29, 1.82) is 0 Å². The number of carbonyl (C=O) groups is 5. The second kappa shape index (κ2) is 13.7. The number of benzene rings is 2. The molecule has 3 N–H and O–H groups in total. The first-order valence-electron chi connectivity index (χ1n) is 13.6. The molecule has 0 bridgehead atoms. The normalized spacial score (nSPS) is 16.3. The third-order valence-corrected chi connectivity index (χ3v) is 7.22. The highest BCUT2D eigenvalue weighted by atomic mass is 19.4. The predicted molar refractivity (Wildman–Crippen MR) is 148 cm³/mol. The van der Waals surface area contributed by atoms with Gasteiger partial charge in [-0.25, -0.2) is 9.69 Å². The van der Waals surface area contributed by atoms with Gasteiger partial charge in [-0.1, -0.05) is 50.2 Å². The van der Waals surface area contributed by atoms with E-state index in [9.17, 15) is 55.4 Å². The lowest BCUT2D eigenvalue weighted by Gasteiger charge is -2.37. The van der Waals surface area contributed by atoms with E-state index >= 15 is 0 Å². The summed E-state index contributed by atoms with van der Waals surface area (Å²) in [5.74, 6) is -6.29. The third kappa shape index (κ3) is 6.87. The van der Waals surface area contributed by atoms with Gasteiger partial charge in [-0.3, -0.25) is 24.1 Å². The summed E-state index contributed by atoms with van der Waals surface area (Å²) in [5.41, 5.74) is -5.49. The summed E-state index contributed by atoms with van der Waals surface area (Å²) >= 11 is 0. The number of halogens is 6. The Kier molecular flexibility index (Phi) is 10.6. The van der Waals surface area contributed by atoms with Crippen molar-refractivity contribution in [3.05, 3.63) is 59.7 Å². The van der Waals surface area contributed by atoms with Crippen molar-refractivity contribution in [3.63, 3.8) is 0 Å². The molecule has 2 unspecified atom stereocenters. The van der Waals surface area contributed by atoms with Crippen molar-refractivity contribution in [1.82, 2.24) is 15.1 Å². The fourth-order valence-electron chi connectivity index (χ4n) is 5.18. The van der Waals surface area contributed by atoms with E-state index in [1.165, 1.54) is 38.1 Å². The number of imide groups is 1. The standard InChI is InChI=1S/C29H30F6N4O7/c1-16(2)11-21(24(43)37-20(13-23(41)42)18-7-5-4-6-8-18)39-25(44)27(28(30,31)32,29(33,34)35)38(26(39)45)14-17-9-10-19(36-15-40)22(12-17)46-3/h4-10,12,15-16,20-21H,11,13-14H2,1-3H3,(H,36,40)(H,37,43)(H,41,42). The molecule has 0 saturated carbocycles. The minimum absolute atomic E-state index is 0.00704. The first-order valence-corrected chi connectivity index (χ1v) is 13.6. The van der Waals surface area contributed by atoms with E-state index in [0.717, 1.165) is 25.3 Å². The summed E-state index contributed by atoms with van der Waals surface area (Å²) in [6, 6.07) is 4.99. The molecule has 1 aliphatic rings. The molecule has 5 amide bonds. The molecule has 0 aromatic heterocycles. The van der Waals surface area contributed by atoms with E-state index in [1.54, 1.807) is 6.07 Å². The van der Waals surface area contributed by atoms with E-state index in [4.69, 9.17) is 4.74 Å². The molecule has 2 aromatic rings. The molecule has 1 aliphatic heterocycles. The van der Waals surface area contributed by atoms with Crippen molar-refractivity contribution in [2.45, 2.75) is 63.2 Å². The summed E-state index contributed by atoms with van der Waals surface area (Å²) in [7, 11) is 1.11. The van der Waals surface area contributed by atoms with Gasteiger partial charge in [-0.15, -0.1) is 0 Å². The monoisotopic (exact) mass is 660 g/mol. The van der Waals surface area contributed by atoms with Crippen LogP contribution >= 0.6 is 0 Å². The maximum absolute atomic E-state index is 14.7. The molecule has 1 fully saturated rings. The lowest BCUT2D eigenvalue weighted by atomic mass is 9.93. The highest BCUT2D eigenvalue weighted by Crippen LogP contribution is 2.53. The molecule has 250 valence electrons. The van der Waals surface area contributed by atoms with Crippen LogP contribution in [0.2, 0.25) is 0 Å². The molecular weight excluding hydrogens is 630 g/mol. The Hall–Kier alpha value is -4.83. The smallest absolute Gasteiger partial charge is 0.430 e. The van der Waals surface area contributed by atoms with Crippen molar-refractivity contribution < 1.29 is 60.2 Å². The number of hydrogen-bond donors (Lipinski definition) is 3. The zero-order valence-corrected chi connectivity index (χ0v) is 24.6. The van der Waals surface area contributed by atoms with Gasteiger partial charge in [-0.05, 0) is 35.6 Å². The SMILES string of the molecule is COc1cc(CN2C(=O)N(C(CC(C)C)C(=O)NC(CC(=O)O)c3ccccc3)C(=O)C2(C(F)(F)F)C(F)(F)F)ccc1NC=O. The number of carboxylic acid groups (broad SMARTS) is 1. The molecule has 11 nitrogen and oxygen atoms in total. The quantitative estimate of drug-likeness (QED) is 0.161. The Morgan fingerprint density at radius 1 is 1.02 bits per heavy atom. The number of urea groups is 1. The summed E-state index contributed by atoms with van der Waals surface area (Å²) < 4.78 is 93.1. The molecule has 2 aromatic carbocycles. The fourth-order valence-corrected chi connectivity index (χ4v) is 5.18. The zero-order valence-electron chi connectivity index (χ0n) is 24.6. The third-order valence-electron chi connectivity index (χ3n) is 7.22. The van der Waals surface area contributed by atoms with Gasteiger partial charge in [0.1, 0.15) is 11.8 Å². The number of rotatable bonds is 13. The van der Waals surface area contributed by atoms with Crippen molar-refractivity contribution in [2.24, 2.45) is 5.92 Å². The van der Waals surface area contributed by atoms with Gasteiger partial charge in [0.2, 0.25) is 12.3 Å². The van der Waals surface area contributed by atoms with Gasteiger partial charge >= 0.3 is 29.9 Å². The van der Waals surface area contributed by atoms with E-state index in [1.807, 2.05) is 0 Å². The molecule has 17 heteroatoms. The minimum atomic E-state index is -6.41. The summed E-state index contributed by atoms with van der Waals surface area (Å²) in [6.07, 6.45) is -13.9. The predicted octanol–water partition coefficient (Wildman–Crippen LogP) is 4.64. The number of amides is 5. The van der Waals surface area contributed by atoms with Crippen LogP contribution < -0.4 is 15.4 Å². The minimum Gasteiger partial charge on any atom is -0.495 e. The number of methoxy groups -OCH3 is 1. The molecule has 0 spiro atoms. The highest BCUT2D eigenvalue weighted by molar-refractivity contribution is 6.11. The van der Waals surface area contributed by atoms with Crippen LogP contribution in [0.25, 0.3) is 0 Å². The summed E-state index contributed by atoms with van der Waals surface area (Å²) in [4.78, 5) is 62.2. The summed E-state index contributed by atoms with van der Waals surface area (Å²) in [6.45, 7) is 1.49. The van der Waals surface area contributed by atoms with Crippen LogP contribution in [0.3, 0.4) is 0 Å². The van der Waals surface area contributed by atoms with Gasteiger partial charge in [0.25, 0.3) is 5.91 Å². The van der Waals surface area contributed by atoms with Gasteiger partial charge in [0, 0.05) is 6.54 Å². The number of carboxylic acids is 1. The van der Waals surface area contributed by atoms with Gasteiger partial charge < -0.3 is 20.5 Å². The molecule has 1 heterocycles. The Labute approximate surface area is 258 Å². The number of anilines is 1. The van der Waals surface area contributed by atoms with Gasteiger partial charge in [0.15, 0.2) is 0 Å². The maximum Gasteiger partial charge on any atom is 0.430 e. The molecular formula is C29H30F6N4O7. The first-order chi connectivity index (χ1) is 21.4. The van der Waals surface area contributed by atoms with Crippen LogP contribution in [0.15, 0.2) is 48.5 Å². The van der Waals surface area contributed by atoms with E-state index in [-0.39, 0.29) is 33.9 Å². The maximum atomic E-state index is 14.7. The molecule has 3 rings (SSSR count). The van der Waals surface area contributed by atoms with Crippen molar-refractivity contribution in [2.75, 3.05) is 12.4 Å². The lowest BCUT2D eigenvalue weighted by molar-refractivity contribution is -0.315. The average Bonchev–Trinajstić information content (AvgIpc) is 3.18. The van der Waals surface area contributed by atoms with E-state index < -0.39 is 84.0 Å². The van der Waals surface area contributed by atoms with Gasteiger partial charge in [-0.2, -0.15) is 26.3 Å². The Morgan fingerprint density at radius 3 is 2.13 bits per heavy atom. The topological polar surface area (TPSA) is 145 Å². The Balaban J connectivity index is 2.17. The molecule has 2 atom stereocenters. The number of carbonyl (C=O) groups excluding carboxylic acids is 4. The van der Waals surface area contributed by atoms with Crippen LogP contribution in [-0.2, 0) is 25.7 Å². The first kappa shape index (κ1) is 35.6. The highest BCUT2D eigenvalue weighted by Gasteiger charge is 2.84. The number of nitrogens with one attached hydrogen (secondary N) is 2. The van der Waals surface area contributed by atoms with E-state index in [2.05, 4.69) is 10.6 Å². The van der Waals surface area contributed by atoms with Crippen molar-refractivity contribution >= 4 is 35.9 Å². The Morgan fingerprint density at radius 2 is 1.63 bits per heavy atom. The van der Waals surface area contributed by atoms with Gasteiger partial charge in [0.05, 0.1) is 25.3 Å². The van der Waals surface area contributed by atoms with Crippen LogP contribution in [-0.4, -0.2) is 76.2 Å². The van der Waals surface area contributed by atoms with E-state index in [0.29, 0.717) is 0 Å². The average molecular weight is 661 g/mol. The second-order valence-electron chi connectivity index (χ2n) is 10.8. The summed E-state index contributed by atoms with van der Waals surface area (Å²) in [5, 5.41) is 13.9.